The normalized spacial score (nSPS) is 19.1. The van der Waals surface area contributed by atoms with Gasteiger partial charge in [-0.05, 0) is 39.3 Å². The largest absolute Gasteiger partial charge is 0.483 e. The number of Topliss-reactive ketones (excluding diaryl/α,β-unsaturated/α-hetero) is 1. The van der Waals surface area contributed by atoms with Gasteiger partial charge < -0.3 is 4.74 Å². The Balaban J connectivity index is 2.45. The quantitative estimate of drug-likeness (QED) is 0.408. The molecular formula is C13H18O3. The van der Waals surface area contributed by atoms with Crippen molar-refractivity contribution in [2.75, 3.05) is 0 Å². The van der Waals surface area contributed by atoms with Gasteiger partial charge in [0, 0.05) is 6.42 Å². The Kier molecular flexibility index (Phi) is 4.05. The minimum Gasteiger partial charge on any atom is -0.483 e. The van der Waals surface area contributed by atoms with Crippen LogP contribution >= 0.6 is 0 Å². The average Bonchev–Trinajstić information content (AvgIpc) is 2.80. The number of rotatable bonds is 5. The maximum absolute atomic E-state index is 11.3. The summed E-state index contributed by atoms with van der Waals surface area (Å²) in [6.07, 6.45) is 2.43. The van der Waals surface area contributed by atoms with Crippen molar-refractivity contribution in [1.29, 1.82) is 0 Å². The molecule has 1 aliphatic rings. The Morgan fingerprint density at radius 2 is 1.88 bits per heavy atom. The van der Waals surface area contributed by atoms with E-state index in [-0.39, 0.29) is 24.1 Å². The van der Waals surface area contributed by atoms with Gasteiger partial charge in [0.15, 0.2) is 11.9 Å². The van der Waals surface area contributed by atoms with Crippen LogP contribution in [0.2, 0.25) is 0 Å². The summed E-state index contributed by atoms with van der Waals surface area (Å²) in [6, 6.07) is 0. The van der Waals surface area contributed by atoms with Gasteiger partial charge in [0.25, 0.3) is 0 Å². The number of hydrogen-bond acceptors (Lipinski definition) is 3. The van der Waals surface area contributed by atoms with Crippen LogP contribution in [0.4, 0.5) is 0 Å². The zero-order chi connectivity index (χ0) is 12.3. The summed E-state index contributed by atoms with van der Waals surface area (Å²) in [4.78, 5) is 22.1. The van der Waals surface area contributed by atoms with E-state index >= 15 is 0 Å². The van der Waals surface area contributed by atoms with E-state index in [0.29, 0.717) is 0 Å². The molecule has 1 rings (SSSR count). The molecule has 1 unspecified atom stereocenters. The molecule has 1 aliphatic heterocycles. The van der Waals surface area contributed by atoms with Crippen molar-refractivity contribution in [3.63, 3.8) is 0 Å². The van der Waals surface area contributed by atoms with Crippen LogP contribution < -0.4 is 0 Å². The summed E-state index contributed by atoms with van der Waals surface area (Å²) >= 11 is 0. The third-order valence-electron chi connectivity index (χ3n) is 2.34. The SMILES string of the molecule is CC(=O)CC(=O)/C=C(\C)CC1OC1=C(C)C. The van der Waals surface area contributed by atoms with Gasteiger partial charge in [-0.2, -0.15) is 0 Å². The van der Waals surface area contributed by atoms with Crippen LogP contribution in [0.25, 0.3) is 0 Å². The van der Waals surface area contributed by atoms with Gasteiger partial charge in [-0.3, -0.25) is 9.59 Å². The third-order valence-corrected chi connectivity index (χ3v) is 2.34. The van der Waals surface area contributed by atoms with Crippen molar-refractivity contribution < 1.29 is 14.3 Å². The molecule has 0 aromatic carbocycles. The number of carbonyl (C=O) groups excluding carboxylic acids is 2. The molecule has 3 heteroatoms. The summed E-state index contributed by atoms with van der Waals surface area (Å²) in [7, 11) is 0. The fourth-order valence-corrected chi connectivity index (χ4v) is 1.62. The fraction of sp³-hybridized carbons (Fsp3) is 0.538. The number of ether oxygens (including phenoxy) is 1. The van der Waals surface area contributed by atoms with Gasteiger partial charge in [0.05, 0.1) is 6.42 Å². The molecule has 0 spiro atoms. The molecule has 88 valence electrons. The third kappa shape index (κ3) is 4.01. The van der Waals surface area contributed by atoms with Crippen LogP contribution in [0.3, 0.4) is 0 Å². The Morgan fingerprint density at radius 3 is 2.31 bits per heavy atom. The summed E-state index contributed by atoms with van der Waals surface area (Å²) < 4.78 is 5.37. The first-order valence-corrected chi connectivity index (χ1v) is 5.43. The first-order chi connectivity index (χ1) is 7.40. The number of ketones is 2. The number of epoxide rings is 1. The molecule has 1 heterocycles. The van der Waals surface area contributed by atoms with Crippen LogP contribution in [0, 0.1) is 0 Å². The lowest BCUT2D eigenvalue weighted by Gasteiger charge is -1.95. The minimum absolute atomic E-state index is 0.00162. The van der Waals surface area contributed by atoms with Gasteiger partial charge in [0.2, 0.25) is 0 Å². The van der Waals surface area contributed by atoms with Crippen molar-refractivity contribution >= 4 is 11.6 Å². The molecule has 0 aromatic heterocycles. The van der Waals surface area contributed by atoms with E-state index < -0.39 is 0 Å². The van der Waals surface area contributed by atoms with Gasteiger partial charge in [-0.15, -0.1) is 0 Å². The van der Waals surface area contributed by atoms with Crippen LogP contribution in [-0.4, -0.2) is 17.7 Å². The summed E-state index contributed by atoms with van der Waals surface area (Å²) in [5, 5.41) is 0. The van der Waals surface area contributed by atoms with Crippen LogP contribution in [0.15, 0.2) is 23.0 Å². The maximum atomic E-state index is 11.3. The molecular weight excluding hydrogens is 204 g/mol. The molecule has 0 N–H and O–H groups in total. The summed E-state index contributed by atoms with van der Waals surface area (Å²) in [5.41, 5.74) is 2.15. The molecule has 1 fully saturated rings. The maximum Gasteiger partial charge on any atom is 0.162 e. The van der Waals surface area contributed by atoms with Gasteiger partial charge >= 0.3 is 0 Å². The lowest BCUT2D eigenvalue weighted by atomic mass is 10.1. The highest BCUT2D eigenvalue weighted by Crippen LogP contribution is 2.34. The smallest absolute Gasteiger partial charge is 0.162 e. The van der Waals surface area contributed by atoms with Crippen LogP contribution in [0.5, 0.6) is 0 Å². The molecule has 3 nitrogen and oxygen atoms in total. The summed E-state index contributed by atoms with van der Waals surface area (Å²) in [6.45, 7) is 7.33. The van der Waals surface area contributed by atoms with E-state index in [9.17, 15) is 9.59 Å². The molecule has 0 aromatic rings. The monoisotopic (exact) mass is 222 g/mol. The minimum atomic E-state index is -0.121. The van der Waals surface area contributed by atoms with Gasteiger partial charge in [-0.1, -0.05) is 5.57 Å². The van der Waals surface area contributed by atoms with Gasteiger partial charge in [0.1, 0.15) is 11.5 Å². The molecule has 0 radical (unpaired) electrons. The zero-order valence-electron chi connectivity index (χ0n) is 10.3. The Morgan fingerprint density at radius 1 is 1.25 bits per heavy atom. The predicted molar refractivity (Wildman–Crippen MR) is 61.9 cm³/mol. The van der Waals surface area contributed by atoms with E-state index in [1.54, 1.807) is 6.08 Å². The van der Waals surface area contributed by atoms with Crippen molar-refractivity contribution in [2.24, 2.45) is 0 Å². The molecule has 0 amide bonds. The zero-order valence-corrected chi connectivity index (χ0v) is 10.3. The van der Waals surface area contributed by atoms with E-state index in [0.717, 1.165) is 17.8 Å². The Labute approximate surface area is 96.2 Å². The second kappa shape index (κ2) is 5.10. The first kappa shape index (κ1) is 12.7. The second-order valence-electron chi connectivity index (χ2n) is 4.51. The molecule has 0 aliphatic carbocycles. The van der Waals surface area contributed by atoms with E-state index in [4.69, 9.17) is 4.74 Å². The highest BCUT2D eigenvalue weighted by atomic mass is 16.6. The fourth-order valence-electron chi connectivity index (χ4n) is 1.62. The van der Waals surface area contributed by atoms with Crippen molar-refractivity contribution in [3.05, 3.63) is 23.0 Å². The van der Waals surface area contributed by atoms with E-state index in [1.807, 2.05) is 20.8 Å². The Hall–Kier alpha value is -1.38. The van der Waals surface area contributed by atoms with Crippen LogP contribution in [0.1, 0.15) is 40.5 Å². The van der Waals surface area contributed by atoms with Crippen molar-refractivity contribution in [1.82, 2.24) is 0 Å². The molecule has 0 bridgehead atoms. The predicted octanol–water partition coefficient (Wildman–Crippen LogP) is 2.56. The van der Waals surface area contributed by atoms with E-state index in [1.165, 1.54) is 12.5 Å². The molecule has 1 saturated heterocycles. The number of allylic oxidation sites excluding steroid dienone is 2. The lowest BCUT2D eigenvalue weighted by Crippen LogP contribution is -2.02. The molecule has 1 atom stereocenters. The molecule has 16 heavy (non-hydrogen) atoms. The number of hydrogen-bond donors (Lipinski definition) is 0. The Bertz CT molecular complexity index is 371. The second-order valence-corrected chi connectivity index (χ2v) is 4.51. The highest BCUT2D eigenvalue weighted by molar-refractivity contribution is 6.03. The topological polar surface area (TPSA) is 46.7 Å². The summed E-state index contributed by atoms with van der Waals surface area (Å²) in [5.74, 6) is 0.817. The lowest BCUT2D eigenvalue weighted by molar-refractivity contribution is -0.123. The average molecular weight is 222 g/mol. The van der Waals surface area contributed by atoms with Crippen molar-refractivity contribution in [3.8, 4) is 0 Å². The first-order valence-electron chi connectivity index (χ1n) is 5.43. The van der Waals surface area contributed by atoms with Gasteiger partial charge in [-0.25, -0.2) is 0 Å². The standard InChI is InChI=1S/C13H18O3/c1-8(2)13-12(16-13)6-9(3)5-11(15)7-10(4)14/h5,12H,6-7H2,1-4H3/b9-5+. The van der Waals surface area contributed by atoms with Crippen LogP contribution in [-0.2, 0) is 14.3 Å². The number of carbonyl (C=O) groups is 2. The van der Waals surface area contributed by atoms with Crippen molar-refractivity contribution in [2.45, 2.75) is 46.6 Å². The molecule has 0 saturated carbocycles. The highest BCUT2D eigenvalue weighted by Gasteiger charge is 2.33. The van der Waals surface area contributed by atoms with E-state index in [2.05, 4.69) is 0 Å².